The summed E-state index contributed by atoms with van der Waals surface area (Å²) < 4.78 is 27.6. The molecular weight excluding hydrogens is 400 g/mol. The highest BCUT2D eigenvalue weighted by Gasteiger charge is 2.29. The number of carbonyl (C=O) groups excluding carboxylic acids is 1. The lowest BCUT2D eigenvalue weighted by atomic mass is 9.87. The Morgan fingerprint density at radius 3 is 2.32 bits per heavy atom. The molecule has 1 fully saturated rings. The lowest BCUT2D eigenvalue weighted by molar-refractivity contribution is -0.120. The fraction of sp³-hybridized carbons (Fsp3) is 0.458. The first-order valence-electron chi connectivity index (χ1n) is 11.0. The molecule has 1 amide bonds. The summed E-state index contributed by atoms with van der Waals surface area (Å²) in [6, 6.07) is 11.1. The topological polar surface area (TPSA) is 47.0 Å². The van der Waals surface area contributed by atoms with Crippen LogP contribution in [0.25, 0.3) is 0 Å². The van der Waals surface area contributed by atoms with Gasteiger partial charge in [0.25, 0.3) is 0 Å². The molecule has 1 N–H and O–H groups in total. The second-order valence-electron chi connectivity index (χ2n) is 8.34. The fourth-order valence-electron chi connectivity index (χ4n) is 4.66. The highest BCUT2D eigenvalue weighted by atomic mass is 19.1. The Kier molecular flexibility index (Phi) is 6.95. The molecule has 2 aromatic rings. The monoisotopic (exact) mass is 429 g/mol. The number of rotatable bonds is 5. The summed E-state index contributed by atoms with van der Waals surface area (Å²) in [7, 11) is 0. The zero-order valence-electron chi connectivity index (χ0n) is 17.6. The predicted molar refractivity (Wildman–Crippen MR) is 116 cm³/mol. The van der Waals surface area contributed by atoms with Crippen molar-refractivity contribution in [3.05, 3.63) is 65.2 Å². The minimum absolute atomic E-state index is 0.00368. The summed E-state index contributed by atoms with van der Waals surface area (Å²) >= 11 is 0. The molecule has 2 aliphatic heterocycles. The Hall–Kier alpha value is -2.35. The molecule has 0 bridgehead atoms. The quantitative estimate of drug-likeness (QED) is 0.794. The van der Waals surface area contributed by atoms with E-state index in [0.717, 1.165) is 50.1 Å². The van der Waals surface area contributed by atoms with Gasteiger partial charge >= 0.3 is 0 Å². The number of carbonyl (C=O) groups is 1. The van der Waals surface area contributed by atoms with E-state index in [2.05, 4.69) is 9.80 Å². The molecule has 2 aromatic carbocycles. The molecule has 5 nitrogen and oxygen atoms in total. The van der Waals surface area contributed by atoms with Crippen molar-refractivity contribution in [1.82, 2.24) is 9.80 Å². The summed E-state index contributed by atoms with van der Waals surface area (Å²) in [4.78, 5) is 19.3. The van der Waals surface area contributed by atoms with Gasteiger partial charge in [-0.15, -0.1) is 0 Å². The molecule has 0 spiro atoms. The minimum atomic E-state index is -0.367. The maximum atomic E-state index is 14.2. The van der Waals surface area contributed by atoms with Gasteiger partial charge in [-0.05, 0) is 48.2 Å². The number of nitrogens with zero attached hydrogens (tertiary/aromatic N) is 3. The molecule has 166 valence electrons. The van der Waals surface area contributed by atoms with Crippen molar-refractivity contribution in [3.8, 4) is 0 Å². The number of β-amino-alcohol motifs (C(OH)–C–C–N with tert-alkyl or cyclic N) is 1. The van der Waals surface area contributed by atoms with E-state index in [1.54, 1.807) is 23.1 Å². The molecule has 0 aliphatic carbocycles. The van der Waals surface area contributed by atoms with Gasteiger partial charge in [-0.25, -0.2) is 8.78 Å². The molecular formula is C24H29F2N3O2. The van der Waals surface area contributed by atoms with Gasteiger partial charge in [-0.1, -0.05) is 18.2 Å². The van der Waals surface area contributed by atoms with E-state index < -0.39 is 0 Å². The molecule has 7 heteroatoms. The van der Waals surface area contributed by atoms with Crippen LogP contribution < -0.4 is 4.90 Å². The van der Waals surface area contributed by atoms with Crippen molar-refractivity contribution in [2.75, 3.05) is 57.3 Å². The normalized spacial score (nSPS) is 20.4. The maximum Gasteiger partial charge on any atom is 0.241 e. The number of piperazine rings is 1. The lowest BCUT2D eigenvalue weighted by Crippen LogP contribution is -2.50. The van der Waals surface area contributed by atoms with Gasteiger partial charge in [-0.2, -0.15) is 0 Å². The van der Waals surface area contributed by atoms with Crippen molar-refractivity contribution in [1.29, 1.82) is 0 Å². The molecule has 0 radical (unpaired) electrons. The van der Waals surface area contributed by atoms with E-state index in [1.165, 1.54) is 24.3 Å². The van der Waals surface area contributed by atoms with Crippen LogP contribution in [0.15, 0.2) is 42.5 Å². The molecule has 31 heavy (non-hydrogen) atoms. The lowest BCUT2D eigenvalue weighted by Gasteiger charge is -2.35. The zero-order valence-corrected chi connectivity index (χ0v) is 17.6. The van der Waals surface area contributed by atoms with Gasteiger partial charge in [-0.3, -0.25) is 14.6 Å². The first kappa shape index (κ1) is 21.9. The van der Waals surface area contributed by atoms with Crippen molar-refractivity contribution in [2.24, 2.45) is 0 Å². The van der Waals surface area contributed by atoms with E-state index >= 15 is 0 Å². The van der Waals surface area contributed by atoms with E-state index in [9.17, 15) is 13.6 Å². The smallest absolute Gasteiger partial charge is 0.241 e. The Labute approximate surface area is 181 Å². The molecule has 4 rings (SSSR count). The van der Waals surface area contributed by atoms with E-state index in [1.807, 2.05) is 0 Å². The highest BCUT2D eigenvalue weighted by Crippen LogP contribution is 2.39. The highest BCUT2D eigenvalue weighted by molar-refractivity contribution is 5.96. The predicted octanol–water partition coefficient (Wildman–Crippen LogP) is 2.83. The average Bonchev–Trinajstić information content (AvgIpc) is 2.95. The number of benzene rings is 2. The van der Waals surface area contributed by atoms with Crippen molar-refractivity contribution in [3.63, 3.8) is 0 Å². The van der Waals surface area contributed by atoms with Crippen LogP contribution in [0.1, 0.15) is 29.9 Å². The Bertz CT molecular complexity index is 898. The summed E-state index contributed by atoms with van der Waals surface area (Å²) in [5, 5.41) is 9.09. The van der Waals surface area contributed by atoms with E-state index in [4.69, 9.17) is 5.11 Å². The number of anilines is 1. The first-order chi connectivity index (χ1) is 15.0. The number of fused-ring (bicyclic) bond motifs is 1. The van der Waals surface area contributed by atoms with Gasteiger partial charge in [0.1, 0.15) is 11.6 Å². The number of amides is 1. The summed E-state index contributed by atoms with van der Waals surface area (Å²) in [5.41, 5.74) is 2.51. The Morgan fingerprint density at radius 2 is 1.61 bits per heavy atom. The van der Waals surface area contributed by atoms with Crippen LogP contribution in [0.4, 0.5) is 14.5 Å². The van der Waals surface area contributed by atoms with Gasteiger partial charge in [0, 0.05) is 45.2 Å². The van der Waals surface area contributed by atoms with Crippen molar-refractivity contribution < 1.29 is 18.7 Å². The van der Waals surface area contributed by atoms with Crippen molar-refractivity contribution >= 4 is 11.6 Å². The molecule has 0 unspecified atom stereocenters. The van der Waals surface area contributed by atoms with Crippen LogP contribution in [0.5, 0.6) is 0 Å². The third-order valence-electron chi connectivity index (χ3n) is 6.35. The second-order valence-corrected chi connectivity index (χ2v) is 8.34. The maximum absolute atomic E-state index is 14.2. The second kappa shape index (κ2) is 9.85. The van der Waals surface area contributed by atoms with Gasteiger partial charge in [0.2, 0.25) is 5.91 Å². The third kappa shape index (κ3) is 5.11. The molecule has 2 heterocycles. The van der Waals surface area contributed by atoms with Crippen LogP contribution in [0.3, 0.4) is 0 Å². The summed E-state index contributed by atoms with van der Waals surface area (Å²) in [6.07, 6.45) is 1.60. The number of aliphatic hydroxyl groups is 1. The van der Waals surface area contributed by atoms with Gasteiger partial charge in [0.05, 0.1) is 18.8 Å². The average molecular weight is 430 g/mol. The fourth-order valence-corrected chi connectivity index (χ4v) is 4.66. The minimum Gasteiger partial charge on any atom is -0.395 e. The number of hydrogen-bond donors (Lipinski definition) is 1. The number of hydrogen-bond acceptors (Lipinski definition) is 4. The molecule has 1 saturated heterocycles. The van der Waals surface area contributed by atoms with Crippen LogP contribution in [0, 0.1) is 11.6 Å². The number of aliphatic hydroxyl groups excluding tert-OH is 1. The Morgan fingerprint density at radius 1 is 0.935 bits per heavy atom. The van der Waals surface area contributed by atoms with Crippen LogP contribution >= 0.6 is 0 Å². The van der Waals surface area contributed by atoms with Crippen LogP contribution in [-0.4, -0.2) is 73.2 Å². The van der Waals surface area contributed by atoms with Crippen molar-refractivity contribution in [2.45, 2.75) is 18.8 Å². The molecule has 2 aliphatic rings. The standard InChI is InChI=1S/C24H29F2N3O2/c25-19-5-3-18(4-6-19)21-2-1-9-29(23-16-20(26)7-8-22(21)23)24(31)17-28-12-10-27(11-13-28)14-15-30/h3-8,16,21,30H,1-2,9-15,17H2/t21-/m0/s1. The molecule has 0 aromatic heterocycles. The largest absolute Gasteiger partial charge is 0.395 e. The third-order valence-corrected chi connectivity index (χ3v) is 6.35. The van der Waals surface area contributed by atoms with Crippen LogP contribution in [0.2, 0.25) is 0 Å². The Balaban J connectivity index is 1.54. The number of halogens is 2. The molecule has 0 saturated carbocycles. The molecule has 1 atom stereocenters. The SMILES string of the molecule is O=C(CN1CCN(CCO)CC1)N1CCC[C@@H](c2ccc(F)cc2)c2ccc(F)cc21. The van der Waals surface area contributed by atoms with Gasteiger partial charge in [0.15, 0.2) is 0 Å². The zero-order chi connectivity index (χ0) is 21.8. The van der Waals surface area contributed by atoms with Crippen LogP contribution in [-0.2, 0) is 4.79 Å². The first-order valence-corrected chi connectivity index (χ1v) is 11.0. The summed E-state index contributed by atoms with van der Waals surface area (Å²) in [6.45, 7) is 4.83. The van der Waals surface area contributed by atoms with Gasteiger partial charge < -0.3 is 10.0 Å². The van der Waals surface area contributed by atoms with E-state index in [0.29, 0.717) is 25.3 Å². The van der Waals surface area contributed by atoms with E-state index in [-0.39, 0.29) is 30.1 Å². The summed E-state index contributed by atoms with van der Waals surface area (Å²) in [5.74, 6) is -0.681.